The third-order valence-corrected chi connectivity index (χ3v) is 12.1. The van der Waals surface area contributed by atoms with Gasteiger partial charge in [0.15, 0.2) is 0 Å². The lowest BCUT2D eigenvalue weighted by Crippen LogP contribution is -2.51. The third kappa shape index (κ3) is 9.16. The van der Waals surface area contributed by atoms with E-state index in [1.807, 2.05) is 37.3 Å². The molecule has 5 aromatic rings. The van der Waals surface area contributed by atoms with Gasteiger partial charge in [0.25, 0.3) is 0 Å². The van der Waals surface area contributed by atoms with Gasteiger partial charge < -0.3 is 30.2 Å². The van der Waals surface area contributed by atoms with E-state index in [-0.39, 0.29) is 17.9 Å². The highest BCUT2D eigenvalue weighted by molar-refractivity contribution is 5.86. The predicted molar refractivity (Wildman–Crippen MR) is 224 cm³/mol. The van der Waals surface area contributed by atoms with Gasteiger partial charge in [-0.15, -0.1) is 0 Å². The number of nitrogens with one attached hydrogen (secondary N) is 4. The van der Waals surface area contributed by atoms with Gasteiger partial charge in [-0.05, 0) is 89.2 Å². The van der Waals surface area contributed by atoms with Gasteiger partial charge in [-0.1, -0.05) is 88.7 Å². The van der Waals surface area contributed by atoms with Crippen molar-refractivity contribution in [1.82, 2.24) is 40.5 Å². The first-order valence-corrected chi connectivity index (χ1v) is 20.7. The van der Waals surface area contributed by atoms with E-state index in [0.29, 0.717) is 31.3 Å². The molecule has 0 radical (unpaired) electrons. The fourth-order valence-electron chi connectivity index (χ4n) is 8.86. The van der Waals surface area contributed by atoms with Gasteiger partial charge in [-0.25, -0.2) is 14.8 Å². The number of aromatic amines is 2. The normalized spacial score (nSPS) is 20.2. The van der Waals surface area contributed by atoms with Crippen molar-refractivity contribution in [2.45, 2.75) is 96.7 Å². The summed E-state index contributed by atoms with van der Waals surface area (Å²) in [6.45, 7) is 9.25. The minimum absolute atomic E-state index is 0.0743. The number of hydrogen-bond acceptors (Lipinski definition) is 7. The number of hydrogen-bond donors (Lipinski definition) is 4. The second kappa shape index (κ2) is 18.2. The number of H-pyrrole nitrogens is 2. The Balaban J connectivity index is 0.000000337. The van der Waals surface area contributed by atoms with Crippen LogP contribution < -0.4 is 10.6 Å². The molecule has 2 bridgehead atoms. The quantitative estimate of drug-likeness (QED) is 0.0924. The zero-order chi connectivity index (χ0) is 40.8. The zero-order valence-corrected chi connectivity index (χ0v) is 34.2. The molecule has 12 nitrogen and oxygen atoms in total. The Morgan fingerprint density at radius 2 is 1.48 bits per heavy atom. The van der Waals surface area contributed by atoms with E-state index in [1.165, 1.54) is 44.2 Å². The molecule has 5 atom stereocenters. The van der Waals surface area contributed by atoms with Crippen molar-refractivity contribution in [1.29, 1.82) is 0 Å². The third-order valence-electron chi connectivity index (χ3n) is 12.1. The number of imidazole rings is 2. The molecule has 3 fully saturated rings. The van der Waals surface area contributed by atoms with Crippen LogP contribution in [0, 0.1) is 17.8 Å². The molecule has 5 unspecified atom stereocenters. The molecular weight excluding hydrogens is 729 g/mol. The highest BCUT2D eigenvalue weighted by Crippen LogP contribution is 2.52. The Kier molecular flexibility index (Phi) is 12.7. The number of carbonyl (C=O) groups is 3. The van der Waals surface area contributed by atoms with Crippen LogP contribution in [0.2, 0.25) is 0 Å². The van der Waals surface area contributed by atoms with E-state index in [4.69, 9.17) is 9.72 Å². The van der Waals surface area contributed by atoms with E-state index in [2.05, 4.69) is 99.0 Å². The van der Waals surface area contributed by atoms with Gasteiger partial charge in [0.2, 0.25) is 12.3 Å². The van der Waals surface area contributed by atoms with Crippen LogP contribution in [0.4, 0.5) is 4.79 Å². The standard InChI is InChI=1S/C36H42N6O3.C10H14N2O/c1-21(2)32(41-36(44)45-3)35(43)42-16-4-5-31(42)34-38-20-30(40-34)26-14-10-24(11-15-26)23-8-12-25(13-9-23)29-19-37-33(39-29)28-18-22-6-7-27(28)17-22;1-8(2)10-3-9(4-11-6-10)5-12-7-13/h8-15,19-22,27-28,31-32H,4-7,16-18H2,1-3H3,(H,37,39)(H,38,40)(H,41,44);3-4,6-8H,5H2,1-2H3,(H,12,13). The molecule has 3 aliphatic rings. The molecule has 2 aromatic carbocycles. The summed E-state index contributed by atoms with van der Waals surface area (Å²) in [5.74, 6) is 4.55. The lowest BCUT2D eigenvalue weighted by Gasteiger charge is -2.30. The van der Waals surface area contributed by atoms with E-state index in [0.717, 1.165) is 69.7 Å². The summed E-state index contributed by atoms with van der Waals surface area (Å²) in [5, 5.41) is 5.31. The number of alkyl carbamates (subject to hydrolysis) is 1. The van der Waals surface area contributed by atoms with Crippen LogP contribution in [0.25, 0.3) is 33.6 Å². The van der Waals surface area contributed by atoms with Crippen LogP contribution in [0.15, 0.2) is 79.4 Å². The molecule has 3 amide bonds. The Labute approximate surface area is 341 Å². The monoisotopic (exact) mass is 784 g/mol. The van der Waals surface area contributed by atoms with Gasteiger partial charge in [0.1, 0.15) is 17.7 Å². The van der Waals surface area contributed by atoms with Crippen molar-refractivity contribution >= 4 is 18.4 Å². The van der Waals surface area contributed by atoms with Crippen LogP contribution in [0.3, 0.4) is 0 Å². The number of fused-ring (bicyclic) bond motifs is 2. The second-order valence-electron chi connectivity index (χ2n) is 16.6. The summed E-state index contributed by atoms with van der Waals surface area (Å²) in [4.78, 5) is 57.9. The fourth-order valence-corrected chi connectivity index (χ4v) is 8.86. The molecule has 1 aliphatic heterocycles. The molecule has 2 aliphatic carbocycles. The maximum Gasteiger partial charge on any atom is 0.407 e. The van der Waals surface area contributed by atoms with Crippen molar-refractivity contribution in [2.24, 2.45) is 17.8 Å². The highest BCUT2D eigenvalue weighted by Gasteiger charge is 2.41. The van der Waals surface area contributed by atoms with Crippen molar-refractivity contribution < 1.29 is 19.1 Å². The summed E-state index contributed by atoms with van der Waals surface area (Å²) < 4.78 is 4.75. The summed E-state index contributed by atoms with van der Waals surface area (Å²) in [7, 11) is 1.30. The van der Waals surface area contributed by atoms with E-state index < -0.39 is 12.1 Å². The number of rotatable bonds is 12. The van der Waals surface area contributed by atoms with Gasteiger partial charge in [0, 0.05) is 31.4 Å². The highest BCUT2D eigenvalue weighted by atomic mass is 16.5. The maximum absolute atomic E-state index is 13.5. The second-order valence-corrected chi connectivity index (χ2v) is 16.6. The van der Waals surface area contributed by atoms with Gasteiger partial charge in [-0.3, -0.25) is 14.6 Å². The predicted octanol–water partition coefficient (Wildman–Crippen LogP) is 8.53. The van der Waals surface area contributed by atoms with Crippen LogP contribution in [0.1, 0.15) is 107 Å². The van der Waals surface area contributed by atoms with Crippen LogP contribution in [-0.2, 0) is 20.9 Å². The molecule has 4 N–H and O–H groups in total. The average Bonchev–Trinajstić information content (AvgIpc) is 4.11. The Bertz CT molecular complexity index is 2160. The first kappa shape index (κ1) is 40.4. The molecule has 58 heavy (non-hydrogen) atoms. The lowest BCUT2D eigenvalue weighted by atomic mass is 9.88. The number of pyridine rings is 1. The van der Waals surface area contributed by atoms with Crippen LogP contribution in [0.5, 0.6) is 0 Å². The molecule has 4 heterocycles. The SMILES string of the molecule is CC(C)c1cncc(CNC=O)c1.COC(=O)NC(C(=O)N1CCCC1c1ncc(-c2ccc(-c3ccc(-c4cnc(C5CC6CCC5C6)[nH]4)cc3)cc2)[nH]1)C(C)C. The maximum atomic E-state index is 13.5. The van der Waals surface area contributed by atoms with Crippen molar-refractivity contribution in [3.05, 3.63) is 102 Å². The van der Waals surface area contributed by atoms with E-state index in [1.54, 1.807) is 6.20 Å². The van der Waals surface area contributed by atoms with Crippen LogP contribution >= 0.6 is 0 Å². The number of amides is 3. The first-order valence-electron chi connectivity index (χ1n) is 20.7. The zero-order valence-electron chi connectivity index (χ0n) is 34.2. The first-order chi connectivity index (χ1) is 28.1. The smallest absolute Gasteiger partial charge is 0.407 e. The summed E-state index contributed by atoms with van der Waals surface area (Å²) in [5.41, 5.74) is 8.72. The fraction of sp³-hybridized carbons (Fsp3) is 0.435. The Morgan fingerprint density at radius 1 is 0.845 bits per heavy atom. The molecule has 1 saturated heterocycles. The Hall–Kier alpha value is -5.78. The summed E-state index contributed by atoms with van der Waals surface area (Å²) >= 11 is 0. The number of aromatic nitrogens is 5. The van der Waals surface area contributed by atoms with Gasteiger partial charge in [-0.2, -0.15) is 0 Å². The van der Waals surface area contributed by atoms with Crippen molar-refractivity contribution in [3.8, 4) is 33.6 Å². The largest absolute Gasteiger partial charge is 0.453 e. The van der Waals surface area contributed by atoms with Gasteiger partial charge >= 0.3 is 6.09 Å². The molecule has 12 heteroatoms. The van der Waals surface area contributed by atoms with Crippen molar-refractivity contribution in [2.75, 3.05) is 13.7 Å². The minimum Gasteiger partial charge on any atom is -0.453 e. The number of carbonyl (C=O) groups excluding carboxylic acids is 3. The number of benzene rings is 2. The Morgan fingerprint density at radius 3 is 2.05 bits per heavy atom. The van der Waals surface area contributed by atoms with Gasteiger partial charge in [0.05, 0.1) is 36.9 Å². The topological polar surface area (TPSA) is 158 Å². The van der Waals surface area contributed by atoms with E-state index >= 15 is 0 Å². The number of likely N-dealkylation sites (tertiary alicyclic amines) is 1. The molecule has 304 valence electrons. The number of methoxy groups -OCH3 is 1. The molecule has 2 saturated carbocycles. The molecule has 0 spiro atoms. The van der Waals surface area contributed by atoms with Crippen molar-refractivity contribution in [3.63, 3.8) is 0 Å². The lowest BCUT2D eigenvalue weighted by molar-refractivity contribution is -0.135. The minimum atomic E-state index is -0.655. The molecule has 8 rings (SSSR count). The number of ether oxygens (including phenoxy) is 1. The van der Waals surface area contributed by atoms with E-state index in [9.17, 15) is 14.4 Å². The average molecular weight is 785 g/mol. The van der Waals surface area contributed by atoms with Crippen LogP contribution in [-0.4, -0.2) is 67.9 Å². The number of nitrogens with zero attached hydrogens (tertiary/aromatic N) is 4. The molecular formula is C46H56N8O4. The molecule has 3 aromatic heterocycles. The summed E-state index contributed by atoms with van der Waals surface area (Å²) in [6.07, 6.45) is 14.7. The summed E-state index contributed by atoms with van der Waals surface area (Å²) in [6, 6.07) is 18.4.